The number of hydrogen-bond acceptors (Lipinski definition) is 6. The van der Waals surface area contributed by atoms with Crippen molar-refractivity contribution >= 4 is 52.2 Å². The Kier molecular flexibility index (Phi) is 8.28. The van der Waals surface area contributed by atoms with Gasteiger partial charge < -0.3 is 14.8 Å². The maximum atomic E-state index is 13.8. The van der Waals surface area contributed by atoms with Crippen LogP contribution in [0.15, 0.2) is 59.5 Å². The lowest BCUT2D eigenvalue weighted by Gasteiger charge is -2.13. The number of carbonyl (C=O) groups is 3. The molecule has 0 radical (unpaired) electrons. The monoisotopic (exact) mass is 562 g/mol. The first-order valence-corrected chi connectivity index (χ1v) is 12.1. The van der Waals surface area contributed by atoms with Crippen molar-refractivity contribution in [1.82, 2.24) is 4.90 Å². The lowest BCUT2D eigenvalue weighted by molar-refractivity contribution is -0.127. The number of hydrogen-bond donors (Lipinski definition) is 1. The lowest BCUT2D eigenvalue weighted by atomic mass is 10.1. The summed E-state index contributed by atoms with van der Waals surface area (Å²) >= 11 is 6.76. The molecule has 0 bridgehead atoms. The van der Waals surface area contributed by atoms with Crippen LogP contribution in [-0.2, 0) is 16.2 Å². The predicted octanol–water partition coefficient (Wildman–Crippen LogP) is 6.02. The average molecular weight is 563 g/mol. The Morgan fingerprint density at radius 3 is 2.55 bits per heavy atom. The minimum Gasteiger partial charge on any atom is -0.493 e. The molecule has 7 nitrogen and oxygen atoms in total. The predicted molar refractivity (Wildman–Crippen MR) is 136 cm³/mol. The molecular weight excluding hydrogens is 545 g/mol. The normalized spacial score (nSPS) is 14.2. The Morgan fingerprint density at radius 2 is 1.82 bits per heavy atom. The van der Waals surface area contributed by atoms with Crippen molar-refractivity contribution in [3.8, 4) is 11.5 Å². The summed E-state index contributed by atoms with van der Waals surface area (Å²) in [6.07, 6.45) is 1.44. The molecule has 0 aromatic heterocycles. The Bertz CT molecular complexity index is 1470. The third-order valence-electron chi connectivity index (χ3n) is 5.31. The van der Waals surface area contributed by atoms with Crippen molar-refractivity contribution in [1.29, 1.82) is 0 Å². The number of methoxy groups -OCH3 is 1. The minimum absolute atomic E-state index is 0.0357. The Morgan fingerprint density at radius 1 is 1.05 bits per heavy atom. The van der Waals surface area contributed by atoms with E-state index in [9.17, 15) is 27.6 Å². The van der Waals surface area contributed by atoms with Crippen LogP contribution < -0.4 is 14.8 Å². The molecule has 1 aliphatic heterocycles. The van der Waals surface area contributed by atoms with Gasteiger partial charge in [0.1, 0.15) is 13.2 Å². The zero-order valence-corrected chi connectivity index (χ0v) is 21.2. The van der Waals surface area contributed by atoms with Crippen LogP contribution in [0.1, 0.15) is 11.1 Å². The summed E-state index contributed by atoms with van der Waals surface area (Å²) < 4.78 is 51.5. The molecule has 38 heavy (non-hydrogen) atoms. The van der Waals surface area contributed by atoms with Crippen LogP contribution in [0.3, 0.4) is 0 Å². The van der Waals surface area contributed by atoms with Crippen molar-refractivity contribution in [2.24, 2.45) is 0 Å². The van der Waals surface area contributed by atoms with Crippen LogP contribution in [0, 0.1) is 17.5 Å². The molecule has 0 spiro atoms. The highest BCUT2D eigenvalue weighted by Crippen LogP contribution is 2.35. The number of thioether (sulfide) groups is 1. The molecular formula is C26H18ClF3N2O5S. The first-order valence-electron chi connectivity index (χ1n) is 10.9. The van der Waals surface area contributed by atoms with Crippen molar-refractivity contribution in [2.75, 3.05) is 19.0 Å². The van der Waals surface area contributed by atoms with E-state index in [0.717, 1.165) is 11.6 Å². The van der Waals surface area contributed by atoms with E-state index in [4.69, 9.17) is 21.1 Å². The molecule has 3 aromatic rings. The third kappa shape index (κ3) is 5.95. The number of amides is 3. The molecule has 0 aliphatic carbocycles. The largest absolute Gasteiger partial charge is 0.493 e. The number of benzene rings is 3. The Labute approximate surface area is 224 Å². The first kappa shape index (κ1) is 27.1. The van der Waals surface area contributed by atoms with E-state index in [0.29, 0.717) is 44.8 Å². The van der Waals surface area contributed by atoms with Gasteiger partial charge in [0.05, 0.1) is 17.7 Å². The van der Waals surface area contributed by atoms with Crippen LogP contribution in [0.25, 0.3) is 6.08 Å². The molecule has 12 heteroatoms. The van der Waals surface area contributed by atoms with Gasteiger partial charge in [-0.05, 0) is 53.7 Å². The molecule has 1 heterocycles. The van der Waals surface area contributed by atoms with Crippen LogP contribution in [0.2, 0.25) is 5.02 Å². The van der Waals surface area contributed by atoms with Crippen molar-refractivity contribution in [3.63, 3.8) is 0 Å². The highest BCUT2D eigenvalue weighted by Gasteiger charge is 2.36. The van der Waals surface area contributed by atoms with Crippen LogP contribution in [0.4, 0.5) is 23.7 Å². The maximum absolute atomic E-state index is 13.8. The van der Waals surface area contributed by atoms with Gasteiger partial charge in [0, 0.05) is 10.6 Å². The summed E-state index contributed by atoms with van der Waals surface area (Å²) in [5.74, 6) is -5.70. The quantitative estimate of drug-likeness (QED) is 0.267. The number of anilines is 1. The topological polar surface area (TPSA) is 84.9 Å². The van der Waals surface area contributed by atoms with Gasteiger partial charge in [0.25, 0.3) is 11.1 Å². The van der Waals surface area contributed by atoms with E-state index < -0.39 is 46.7 Å². The zero-order chi connectivity index (χ0) is 27.4. The van der Waals surface area contributed by atoms with Gasteiger partial charge in [-0.2, -0.15) is 0 Å². The molecule has 0 unspecified atom stereocenters. The summed E-state index contributed by atoms with van der Waals surface area (Å²) in [6.45, 7) is -0.552. The summed E-state index contributed by atoms with van der Waals surface area (Å²) in [4.78, 5) is 38.1. The SMILES string of the molecule is COc1cc(/C=C2/SC(=O)N(CC(=O)Nc3ccc(F)c(F)c3F)C2=O)ccc1OCc1ccccc1Cl. The van der Waals surface area contributed by atoms with E-state index in [1.54, 1.807) is 24.3 Å². The van der Waals surface area contributed by atoms with E-state index in [2.05, 4.69) is 0 Å². The number of ether oxygens (including phenoxy) is 2. The van der Waals surface area contributed by atoms with Crippen LogP contribution in [-0.4, -0.2) is 35.6 Å². The Balaban J connectivity index is 1.44. The summed E-state index contributed by atoms with van der Waals surface area (Å²) in [5.41, 5.74) is 0.677. The molecule has 1 saturated heterocycles. The summed E-state index contributed by atoms with van der Waals surface area (Å²) in [5, 5.41) is 1.86. The maximum Gasteiger partial charge on any atom is 0.294 e. The highest BCUT2D eigenvalue weighted by molar-refractivity contribution is 8.18. The summed E-state index contributed by atoms with van der Waals surface area (Å²) in [6, 6.07) is 13.6. The minimum atomic E-state index is -1.76. The van der Waals surface area contributed by atoms with Gasteiger partial charge in [-0.25, -0.2) is 13.2 Å². The lowest BCUT2D eigenvalue weighted by Crippen LogP contribution is -2.36. The Hall–Kier alpha value is -3.96. The number of imide groups is 1. The molecule has 3 aromatic carbocycles. The molecule has 4 rings (SSSR count). The second kappa shape index (κ2) is 11.6. The highest BCUT2D eigenvalue weighted by atomic mass is 35.5. The molecule has 196 valence electrons. The standard InChI is InChI=1S/C26H18ClF3N2O5S/c1-36-20-10-14(6-9-19(20)37-13-15-4-2-3-5-16(15)27)11-21-25(34)32(26(35)38-21)12-22(33)31-18-8-7-17(28)23(29)24(18)30/h2-11H,12-13H2,1H3,(H,31,33)/b21-11+. The average Bonchev–Trinajstić information content (AvgIpc) is 3.16. The van der Waals surface area contributed by atoms with Crippen LogP contribution >= 0.6 is 23.4 Å². The van der Waals surface area contributed by atoms with E-state index in [-0.39, 0.29) is 11.5 Å². The zero-order valence-electron chi connectivity index (χ0n) is 19.6. The fourth-order valence-electron chi connectivity index (χ4n) is 3.41. The van der Waals surface area contributed by atoms with Crippen molar-refractivity contribution in [3.05, 3.63) is 93.1 Å². The second-order valence-corrected chi connectivity index (χ2v) is 9.23. The number of rotatable bonds is 8. The fourth-order valence-corrected chi connectivity index (χ4v) is 4.44. The van der Waals surface area contributed by atoms with E-state index in [1.807, 2.05) is 23.5 Å². The van der Waals surface area contributed by atoms with Crippen LogP contribution in [0.5, 0.6) is 11.5 Å². The molecule has 1 aliphatic rings. The second-order valence-electron chi connectivity index (χ2n) is 7.83. The molecule has 0 saturated carbocycles. The van der Waals surface area contributed by atoms with Gasteiger partial charge in [-0.15, -0.1) is 0 Å². The number of nitrogens with one attached hydrogen (secondary N) is 1. The van der Waals surface area contributed by atoms with Crippen molar-refractivity contribution in [2.45, 2.75) is 6.61 Å². The van der Waals surface area contributed by atoms with Gasteiger partial charge in [-0.1, -0.05) is 35.9 Å². The smallest absolute Gasteiger partial charge is 0.294 e. The first-order chi connectivity index (χ1) is 18.2. The van der Waals surface area contributed by atoms with Gasteiger partial charge in [0.2, 0.25) is 5.91 Å². The number of carbonyl (C=O) groups excluding carboxylic acids is 3. The number of halogens is 4. The van der Waals surface area contributed by atoms with Crippen molar-refractivity contribution < 1.29 is 37.0 Å². The van der Waals surface area contributed by atoms with E-state index >= 15 is 0 Å². The molecule has 1 fully saturated rings. The van der Waals surface area contributed by atoms with Gasteiger partial charge in [-0.3, -0.25) is 19.3 Å². The van der Waals surface area contributed by atoms with E-state index in [1.165, 1.54) is 13.2 Å². The van der Waals surface area contributed by atoms with Gasteiger partial charge >= 0.3 is 0 Å². The van der Waals surface area contributed by atoms with Gasteiger partial charge in [0.15, 0.2) is 29.0 Å². The third-order valence-corrected chi connectivity index (χ3v) is 6.59. The molecule has 3 amide bonds. The molecule has 1 N–H and O–H groups in total. The fraction of sp³-hybridized carbons (Fsp3) is 0.115. The number of nitrogens with zero attached hydrogens (tertiary/aromatic N) is 1. The molecule has 0 atom stereocenters. The summed E-state index contributed by atoms with van der Waals surface area (Å²) in [7, 11) is 1.45.